The van der Waals surface area contributed by atoms with Gasteiger partial charge in [-0.15, -0.1) is 0 Å². The van der Waals surface area contributed by atoms with Crippen molar-refractivity contribution in [3.8, 4) is 11.5 Å². The molecule has 0 amide bonds. The molecule has 0 spiro atoms. The third-order valence-corrected chi connectivity index (χ3v) is 4.56. The van der Waals surface area contributed by atoms with Crippen molar-refractivity contribution in [1.29, 1.82) is 0 Å². The predicted molar refractivity (Wildman–Crippen MR) is 111 cm³/mol. The van der Waals surface area contributed by atoms with Crippen LogP contribution in [0.25, 0.3) is 22.6 Å². The van der Waals surface area contributed by atoms with E-state index < -0.39 is 33.9 Å². The van der Waals surface area contributed by atoms with Gasteiger partial charge in [-0.3, -0.25) is 10.1 Å². The quantitative estimate of drug-likeness (QED) is 0.272. The van der Waals surface area contributed by atoms with Gasteiger partial charge in [-0.25, -0.2) is 28.8 Å². The van der Waals surface area contributed by atoms with Crippen molar-refractivity contribution >= 4 is 28.5 Å². The Morgan fingerprint density at radius 1 is 1.25 bits per heavy atom. The number of nitrogens with zero attached hydrogens (tertiary/aromatic N) is 6. The lowest BCUT2D eigenvalue weighted by Gasteiger charge is -2.06. The van der Waals surface area contributed by atoms with Gasteiger partial charge in [0.05, 0.1) is 23.5 Å². The number of rotatable bonds is 6. The Hall–Kier alpha value is -4.48. The number of benzene rings is 1. The maximum atomic E-state index is 14.2. The maximum Gasteiger partial charge on any atom is 0.364 e. The number of nitro groups is 1. The van der Waals surface area contributed by atoms with Crippen molar-refractivity contribution in [2.45, 2.75) is 13.5 Å². The van der Waals surface area contributed by atoms with Crippen molar-refractivity contribution in [2.24, 2.45) is 0 Å². The Morgan fingerprint density at radius 2 is 2.03 bits per heavy atom. The zero-order valence-corrected chi connectivity index (χ0v) is 16.7. The van der Waals surface area contributed by atoms with Gasteiger partial charge in [0.1, 0.15) is 11.5 Å². The molecule has 0 saturated carbocycles. The smallest absolute Gasteiger partial charge is 0.364 e. The lowest BCUT2D eigenvalue weighted by molar-refractivity contribution is -0.384. The van der Waals surface area contributed by atoms with Crippen molar-refractivity contribution in [3.63, 3.8) is 0 Å². The number of carbonyl (C=O) groups is 1. The molecule has 0 aliphatic carbocycles. The van der Waals surface area contributed by atoms with Crippen LogP contribution in [-0.4, -0.2) is 42.2 Å². The van der Waals surface area contributed by atoms with E-state index in [9.17, 15) is 19.3 Å². The highest BCUT2D eigenvalue weighted by molar-refractivity contribution is 5.96. The summed E-state index contributed by atoms with van der Waals surface area (Å²) >= 11 is 0. The number of hydrogen-bond acceptors (Lipinski definition) is 9. The average molecular weight is 437 g/mol. The SMILES string of the molecule is CCOC(=O)c1nc(-c2nn(Cc3ccccc3F)c3ncccc23)nc(N)c1[N+](=O)[O-]. The second kappa shape index (κ2) is 8.34. The number of halogens is 1. The zero-order valence-electron chi connectivity index (χ0n) is 16.7. The molecule has 0 saturated heterocycles. The molecule has 2 N–H and O–H groups in total. The van der Waals surface area contributed by atoms with Gasteiger partial charge in [0.2, 0.25) is 11.5 Å². The highest BCUT2D eigenvalue weighted by Gasteiger charge is 2.30. The van der Waals surface area contributed by atoms with Crippen molar-refractivity contribution in [2.75, 3.05) is 12.3 Å². The summed E-state index contributed by atoms with van der Waals surface area (Å²) in [7, 11) is 0. The summed E-state index contributed by atoms with van der Waals surface area (Å²) in [6, 6.07) is 9.57. The fraction of sp³-hybridized carbons (Fsp3) is 0.150. The lowest BCUT2D eigenvalue weighted by atomic mass is 10.2. The van der Waals surface area contributed by atoms with Crippen molar-refractivity contribution in [3.05, 3.63) is 69.8 Å². The van der Waals surface area contributed by atoms with Gasteiger partial charge in [0, 0.05) is 11.8 Å². The number of aromatic nitrogens is 5. The summed E-state index contributed by atoms with van der Waals surface area (Å²) in [5, 5.41) is 16.4. The summed E-state index contributed by atoms with van der Waals surface area (Å²) in [6.45, 7) is 1.60. The Kier molecular flexibility index (Phi) is 5.41. The van der Waals surface area contributed by atoms with Crippen LogP contribution in [0.2, 0.25) is 0 Å². The van der Waals surface area contributed by atoms with Crippen LogP contribution in [0.4, 0.5) is 15.9 Å². The Morgan fingerprint density at radius 3 is 2.75 bits per heavy atom. The van der Waals surface area contributed by atoms with Gasteiger partial charge in [0.25, 0.3) is 0 Å². The van der Waals surface area contributed by atoms with Gasteiger partial charge in [-0.1, -0.05) is 18.2 Å². The van der Waals surface area contributed by atoms with E-state index in [4.69, 9.17) is 10.5 Å². The minimum atomic E-state index is -1.01. The van der Waals surface area contributed by atoms with Gasteiger partial charge in [-0.2, -0.15) is 5.10 Å². The van der Waals surface area contributed by atoms with Crippen LogP contribution in [-0.2, 0) is 11.3 Å². The molecule has 0 fully saturated rings. The molecule has 0 bridgehead atoms. The molecule has 0 aliphatic rings. The first-order valence-corrected chi connectivity index (χ1v) is 9.45. The third kappa shape index (κ3) is 3.69. The molecular formula is C20H16FN7O4. The van der Waals surface area contributed by atoms with Gasteiger partial charge >= 0.3 is 11.7 Å². The molecule has 32 heavy (non-hydrogen) atoms. The lowest BCUT2D eigenvalue weighted by Crippen LogP contribution is -2.14. The minimum absolute atomic E-state index is 0.0145. The fourth-order valence-electron chi connectivity index (χ4n) is 3.17. The summed E-state index contributed by atoms with van der Waals surface area (Å²) in [5.41, 5.74) is 5.42. The fourth-order valence-corrected chi connectivity index (χ4v) is 3.17. The minimum Gasteiger partial charge on any atom is -0.461 e. The molecule has 12 heteroatoms. The van der Waals surface area contributed by atoms with E-state index in [-0.39, 0.29) is 24.7 Å². The molecule has 0 atom stereocenters. The van der Waals surface area contributed by atoms with Crippen LogP contribution < -0.4 is 5.73 Å². The molecule has 11 nitrogen and oxygen atoms in total. The number of fused-ring (bicyclic) bond motifs is 1. The Balaban J connectivity index is 1.90. The number of anilines is 1. The van der Waals surface area contributed by atoms with E-state index in [2.05, 4.69) is 20.1 Å². The van der Waals surface area contributed by atoms with Crippen LogP contribution in [0.5, 0.6) is 0 Å². The van der Waals surface area contributed by atoms with E-state index in [0.29, 0.717) is 16.6 Å². The molecule has 1 aromatic carbocycles. The van der Waals surface area contributed by atoms with Crippen LogP contribution >= 0.6 is 0 Å². The molecule has 162 valence electrons. The van der Waals surface area contributed by atoms with Crippen LogP contribution in [0.3, 0.4) is 0 Å². The monoisotopic (exact) mass is 437 g/mol. The first kappa shape index (κ1) is 20.8. The normalized spacial score (nSPS) is 10.9. The Bertz CT molecular complexity index is 1360. The molecule has 4 aromatic rings. The summed E-state index contributed by atoms with van der Waals surface area (Å²) in [4.78, 5) is 35.2. The number of hydrogen-bond donors (Lipinski definition) is 1. The van der Waals surface area contributed by atoms with E-state index in [0.717, 1.165) is 0 Å². The molecule has 4 rings (SSSR count). The Labute approximate surface area is 179 Å². The summed E-state index contributed by atoms with van der Waals surface area (Å²) < 4.78 is 20.5. The number of nitrogen functional groups attached to an aromatic ring is 1. The van der Waals surface area contributed by atoms with E-state index in [1.165, 1.54) is 10.7 Å². The zero-order chi connectivity index (χ0) is 22.8. The predicted octanol–water partition coefficient (Wildman–Crippen LogP) is 2.74. The molecule has 0 radical (unpaired) electrons. The molecular weight excluding hydrogens is 421 g/mol. The number of esters is 1. The van der Waals surface area contributed by atoms with E-state index in [1.54, 1.807) is 43.5 Å². The summed E-state index contributed by atoms with van der Waals surface area (Å²) in [6.07, 6.45) is 1.54. The molecule has 3 heterocycles. The van der Waals surface area contributed by atoms with E-state index in [1.807, 2.05) is 0 Å². The van der Waals surface area contributed by atoms with Gasteiger partial charge in [0.15, 0.2) is 11.5 Å². The maximum absolute atomic E-state index is 14.2. The second-order valence-corrected chi connectivity index (χ2v) is 6.58. The first-order valence-electron chi connectivity index (χ1n) is 9.45. The van der Waals surface area contributed by atoms with Crippen molar-refractivity contribution < 1.29 is 18.8 Å². The largest absolute Gasteiger partial charge is 0.461 e. The van der Waals surface area contributed by atoms with Gasteiger partial charge < -0.3 is 10.5 Å². The highest BCUT2D eigenvalue weighted by atomic mass is 19.1. The van der Waals surface area contributed by atoms with Gasteiger partial charge in [-0.05, 0) is 25.1 Å². The van der Waals surface area contributed by atoms with Crippen LogP contribution in [0.15, 0.2) is 42.6 Å². The average Bonchev–Trinajstić information content (AvgIpc) is 3.13. The van der Waals surface area contributed by atoms with Crippen molar-refractivity contribution in [1.82, 2.24) is 24.7 Å². The van der Waals surface area contributed by atoms with Crippen LogP contribution in [0, 0.1) is 15.9 Å². The third-order valence-electron chi connectivity index (χ3n) is 4.56. The summed E-state index contributed by atoms with van der Waals surface area (Å²) in [5.74, 6) is -2.05. The molecule has 3 aromatic heterocycles. The number of pyridine rings is 1. The standard InChI is InChI=1S/C20H16FN7O4/c1-2-32-20(29)15-16(28(30)31)17(22)25-18(24-15)14-12-7-5-9-23-19(12)27(26-14)10-11-6-3-4-8-13(11)21/h3-9H,2,10H2,1H3,(H2,22,24,25). The van der Waals surface area contributed by atoms with E-state index >= 15 is 0 Å². The number of ether oxygens (including phenoxy) is 1. The first-order chi connectivity index (χ1) is 15.4. The molecule has 0 aliphatic heterocycles. The topological polar surface area (TPSA) is 152 Å². The molecule has 0 unspecified atom stereocenters. The second-order valence-electron chi connectivity index (χ2n) is 6.58. The highest BCUT2D eigenvalue weighted by Crippen LogP contribution is 2.30. The number of nitrogens with two attached hydrogens (primary N) is 1. The van der Waals surface area contributed by atoms with Crippen LogP contribution in [0.1, 0.15) is 23.0 Å². The number of carbonyl (C=O) groups excluding carboxylic acids is 1.